The second-order valence-electron chi connectivity index (χ2n) is 5.23. The van der Waals surface area contributed by atoms with Crippen molar-refractivity contribution in [1.82, 2.24) is 14.7 Å². The summed E-state index contributed by atoms with van der Waals surface area (Å²) in [6.45, 7) is 5.68. The molecule has 2 rings (SSSR count). The number of hydrogen-bond donors (Lipinski definition) is 1. The number of rotatable bonds is 2. The normalized spacial score (nSPS) is 27.7. The molecular formula is C12H22N4O2. The maximum atomic E-state index is 12.3. The SMILES string of the molecule is C[C@@H](C(=O)N1CCN(C)CC1)N1CC[C@H](N)C1=O. The van der Waals surface area contributed by atoms with E-state index in [0.717, 1.165) is 26.2 Å². The van der Waals surface area contributed by atoms with Crippen molar-refractivity contribution in [2.45, 2.75) is 25.4 Å². The summed E-state index contributed by atoms with van der Waals surface area (Å²) in [5, 5.41) is 0. The van der Waals surface area contributed by atoms with Crippen molar-refractivity contribution < 1.29 is 9.59 Å². The van der Waals surface area contributed by atoms with Crippen molar-refractivity contribution in [2.75, 3.05) is 39.8 Å². The van der Waals surface area contributed by atoms with Gasteiger partial charge in [-0.05, 0) is 20.4 Å². The lowest BCUT2D eigenvalue weighted by atomic mass is 10.2. The van der Waals surface area contributed by atoms with Crippen LogP contribution in [0.5, 0.6) is 0 Å². The van der Waals surface area contributed by atoms with Gasteiger partial charge in [0, 0.05) is 32.7 Å². The second-order valence-corrected chi connectivity index (χ2v) is 5.23. The van der Waals surface area contributed by atoms with Gasteiger partial charge in [0.25, 0.3) is 0 Å². The Balaban J connectivity index is 1.94. The molecule has 0 aromatic heterocycles. The van der Waals surface area contributed by atoms with Crippen LogP contribution in [0.3, 0.4) is 0 Å². The lowest BCUT2D eigenvalue weighted by molar-refractivity contribution is -0.144. The molecule has 6 heteroatoms. The van der Waals surface area contributed by atoms with E-state index in [4.69, 9.17) is 5.73 Å². The van der Waals surface area contributed by atoms with Crippen LogP contribution < -0.4 is 5.73 Å². The van der Waals surface area contributed by atoms with Crippen LogP contribution in [0, 0.1) is 0 Å². The van der Waals surface area contributed by atoms with Gasteiger partial charge in [-0.3, -0.25) is 9.59 Å². The predicted octanol–water partition coefficient (Wildman–Crippen LogP) is -1.29. The van der Waals surface area contributed by atoms with Crippen LogP contribution in [0.2, 0.25) is 0 Å². The van der Waals surface area contributed by atoms with E-state index in [1.165, 1.54) is 0 Å². The second kappa shape index (κ2) is 5.24. The van der Waals surface area contributed by atoms with Crippen molar-refractivity contribution in [3.8, 4) is 0 Å². The smallest absolute Gasteiger partial charge is 0.245 e. The lowest BCUT2D eigenvalue weighted by Crippen LogP contribution is -2.54. The Bertz CT molecular complexity index is 339. The molecule has 2 aliphatic heterocycles. The van der Waals surface area contributed by atoms with E-state index in [0.29, 0.717) is 13.0 Å². The van der Waals surface area contributed by atoms with E-state index in [1.807, 2.05) is 11.9 Å². The number of nitrogens with zero attached hydrogens (tertiary/aromatic N) is 3. The Morgan fingerprint density at radius 3 is 2.39 bits per heavy atom. The molecular weight excluding hydrogens is 232 g/mol. The standard InChI is InChI=1S/C12H22N4O2/c1-9(16-4-3-10(13)12(16)18)11(17)15-7-5-14(2)6-8-15/h9-10H,3-8,13H2,1-2H3/t9-,10-/m0/s1. The molecule has 2 aliphatic rings. The molecule has 2 N–H and O–H groups in total. The summed E-state index contributed by atoms with van der Waals surface area (Å²) >= 11 is 0. The Morgan fingerprint density at radius 1 is 1.28 bits per heavy atom. The third kappa shape index (κ3) is 2.49. The molecule has 2 saturated heterocycles. The summed E-state index contributed by atoms with van der Waals surface area (Å²) in [6, 6.07) is -0.804. The maximum Gasteiger partial charge on any atom is 0.245 e. The zero-order valence-corrected chi connectivity index (χ0v) is 11.1. The minimum Gasteiger partial charge on any atom is -0.338 e. The maximum absolute atomic E-state index is 12.3. The molecule has 0 bridgehead atoms. The van der Waals surface area contributed by atoms with Crippen molar-refractivity contribution in [3.63, 3.8) is 0 Å². The van der Waals surface area contributed by atoms with Crippen molar-refractivity contribution >= 4 is 11.8 Å². The highest BCUT2D eigenvalue weighted by atomic mass is 16.2. The molecule has 0 unspecified atom stereocenters. The molecule has 18 heavy (non-hydrogen) atoms. The summed E-state index contributed by atoms with van der Waals surface area (Å²) in [5.74, 6) is -0.0458. The third-order valence-electron chi connectivity index (χ3n) is 3.92. The van der Waals surface area contributed by atoms with Gasteiger partial charge >= 0.3 is 0 Å². The molecule has 0 aromatic carbocycles. The van der Waals surface area contributed by atoms with Gasteiger partial charge in [-0.1, -0.05) is 0 Å². The number of piperazine rings is 1. The van der Waals surface area contributed by atoms with Crippen molar-refractivity contribution in [2.24, 2.45) is 5.73 Å². The fourth-order valence-electron chi connectivity index (χ4n) is 2.53. The van der Waals surface area contributed by atoms with Gasteiger partial charge in [-0.15, -0.1) is 0 Å². The molecule has 2 amide bonds. The lowest BCUT2D eigenvalue weighted by Gasteiger charge is -2.35. The summed E-state index contributed by atoms with van der Waals surface area (Å²) < 4.78 is 0. The summed E-state index contributed by atoms with van der Waals surface area (Å²) in [6.07, 6.45) is 0.652. The predicted molar refractivity (Wildman–Crippen MR) is 67.8 cm³/mol. The monoisotopic (exact) mass is 254 g/mol. The molecule has 0 aromatic rings. The first-order valence-corrected chi connectivity index (χ1v) is 6.54. The minimum absolute atomic E-state index is 0.0468. The largest absolute Gasteiger partial charge is 0.338 e. The fraction of sp³-hybridized carbons (Fsp3) is 0.833. The number of carbonyl (C=O) groups is 2. The number of likely N-dealkylation sites (tertiary alicyclic amines) is 1. The minimum atomic E-state index is -0.423. The number of nitrogens with two attached hydrogens (primary N) is 1. The average molecular weight is 254 g/mol. The van der Waals surface area contributed by atoms with E-state index in [-0.39, 0.29) is 17.9 Å². The fourth-order valence-corrected chi connectivity index (χ4v) is 2.53. The van der Waals surface area contributed by atoms with Gasteiger partial charge < -0.3 is 20.4 Å². The van der Waals surface area contributed by atoms with Crippen LogP contribution in [0.4, 0.5) is 0 Å². The average Bonchev–Trinajstić information content (AvgIpc) is 2.69. The number of hydrogen-bond acceptors (Lipinski definition) is 4. The summed E-state index contributed by atoms with van der Waals surface area (Å²) in [4.78, 5) is 29.8. The number of amides is 2. The van der Waals surface area contributed by atoms with Crippen LogP contribution in [0.1, 0.15) is 13.3 Å². The van der Waals surface area contributed by atoms with E-state index < -0.39 is 6.04 Å². The van der Waals surface area contributed by atoms with E-state index in [9.17, 15) is 9.59 Å². The molecule has 0 radical (unpaired) electrons. The Labute approximate surface area is 108 Å². The highest BCUT2D eigenvalue weighted by molar-refractivity contribution is 5.90. The Morgan fingerprint density at radius 2 is 1.89 bits per heavy atom. The molecule has 0 aliphatic carbocycles. The molecule has 0 saturated carbocycles. The highest BCUT2D eigenvalue weighted by Gasteiger charge is 2.36. The molecule has 2 heterocycles. The van der Waals surface area contributed by atoms with Crippen molar-refractivity contribution in [1.29, 1.82) is 0 Å². The van der Waals surface area contributed by atoms with Gasteiger partial charge in [0.15, 0.2) is 0 Å². The van der Waals surface area contributed by atoms with E-state index in [1.54, 1.807) is 11.8 Å². The highest BCUT2D eigenvalue weighted by Crippen LogP contribution is 2.15. The molecule has 2 atom stereocenters. The van der Waals surface area contributed by atoms with Crippen LogP contribution in [0.15, 0.2) is 0 Å². The molecule has 0 spiro atoms. The van der Waals surface area contributed by atoms with Gasteiger partial charge in [0.1, 0.15) is 6.04 Å². The van der Waals surface area contributed by atoms with Crippen LogP contribution in [-0.2, 0) is 9.59 Å². The topological polar surface area (TPSA) is 69.9 Å². The summed E-state index contributed by atoms with van der Waals surface area (Å²) in [7, 11) is 2.05. The quantitative estimate of drug-likeness (QED) is 0.665. The van der Waals surface area contributed by atoms with Gasteiger partial charge in [0.2, 0.25) is 11.8 Å². The molecule has 2 fully saturated rings. The zero-order valence-electron chi connectivity index (χ0n) is 11.1. The van der Waals surface area contributed by atoms with Gasteiger partial charge in [-0.2, -0.15) is 0 Å². The van der Waals surface area contributed by atoms with Crippen LogP contribution in [0.25, 0.3) is 0 Å². The van der Waals surface area contributed by atoms with Crippen molar-refractivity contribution in [3.05, 3.63) is 0 Å². The van der Waals surface area contributed by atoms with Gasteiger partial charge in [0.05, 0.1) is 6.04 Å². The molecule has 6 nitrogen and oxygen atoms in total. The first-order valence-electron chi connectivity index (χ1n) is 6.54. The van der Waals surface area contributed by atoms with E-state index >= 15 is 0 Å². The third-order valence-corrected chi connectivity index (χ3v) is 3.92. The Hall–Kier alpha value is -1.14. The Kier molecular flexibility index (Phi) is 3.87. The summed E-state index contributed by atoms with van der Waals surface area (Å²) in [5.41, 5.74) is 5.68. The first-order chi connectivity index (χ1) is 8.50. The van der Waals surface area contributed by atoms with Crippen LogP contribution >= 0.6 is 0 Å². The first kappa shape index (κ1) is 13.3. The van der Waals surface area contributed by atoms with Crippen LogP contribution in [-0.4, -0.2) is 78.4 Å². The molecule has 102 valence electrons. The number of carbonyl (C=O) groups excluding carboxylic acids is 2. The van der Waals surface area contributed by atoms with Gasteiger partial charge in [-0.25, -0.2) is 0 Å². The zero-order chi connectivity index (χ0) is 13.3. The number of likely N-dealkylation sites (N-methyl/N-ethyl adjacent to an activating group) is 1. The van der Waals surface area contributed by atoms with E-state index in [2.05, 4.69) is 4.90 Å².